The number of benzene rings is 1. The number of H-pyrrole nitrogens is 1. The third-order valence-corrected chi connectivity index (χ3v) is 3.30. The first-order chi connectivity index (χ1) is 8.34. The highest BCUT2D eigenvalue weighted by molar-refractivity contribution is 7.09. The molecule has 3 rings (SSSR count). The second-order valence-corrected chi connectivity index (χ2v) is 4.53. The van der Waals surface area contributed by atoms with Crippen molar-refractivity contribution in [2.24, 2.45) is 0 Å². The maximum atomic E-state index is 3.86. The minimum absolute atomic E-state index is 0.729. The Morgan fingerprint density at radius 2 is 2.24 bits per heavy atom. The molecule has 0 spiro atoms. The molecule has 0 saturated heterocycles. The second-order valence-electron chi connectivity index (χ2n) is 3.80. The summed E-state index contributed by atoms with van der Waals surface area (Å²) >= 11 is 1.26. The van der Waals surface area contributed by atoms with Crippen LogP contribution in [0.3, 0.4) is 0 Å². The van der Waals surface area contributed by atoms with Crippen molar-refractivity contribution in [1.29, 1.82) is 0 Å². The van der Waals surface area contributed by atoms with Gasteiger partial charge in [0, 0.05) is 34.7 Å². The Kier molecular flexibility index (Phi) is 2.49. The molecule has 2 aromatic heterocycles. The highest BCUT2D eigenvalue weighted by atomic mass is 32.1. The Labute approximate surface area is 102 Å². The van der Waals surface area contributed by atoms with Gasteiger partial charge in [0.15, 0.2) is 0 Å². The van der Waals surface area contributed by atoms with Crippen LogP contribution in [0.15, 0.2) is 24.3 Å². The molecule has 0 fully saturated rings. The van der Waals surface area contributed by atoms with E-state index in [1.54, 1.807) is 0 Å². The fourth-order valence-corrected chi connectivity index (χ4v) is 2.29. The number of aryl methyl sites for hydroxylation is 1. The van der Waals surface area contributed by atoms with E-state index in [0.717, 1.165) is 17.2 Å². The zero-order valence-electron chi connectivity index (χ0n) is 9.27. The van der Waals surface area contributed by atoms with E-state index in [9.17, 15) is 0 Å². The van der Waals surface area contributed by atoms with Gasteiger partial charge in [-0.15, -0.1) is 0 Å². The van der Waals surface area contributed by atoms with Crippen molar-refractivity contribution in [3.63, 3.8) is 0 Å². The third-order valence-electron chi connectivity index (χ3n) is 2.74. The summed E-state index contributed by atoms with van der Waals surface area (Å²) in [7, 11) is 0. The van der Waals surface area contributed by atoms with Crippen molar-refractivity contribution in [2.45, 2.75) is 13.5 Å². The molecule has 0 amide bonds. The van der Waals surface area contributed by atoms with Crippen LogP contribution in [0.2, 0.25) is 0 Å². The van der Waals surface area contributed by atoms with Gasteiger partial charge in [0.25, 0.3) is 0 Å². The molecule has 5 nitrogen and oxygen atoms in total. The van der Waals surface area contributed by atoms with Crippen LogP contribution in [0.4, 0.5) is 5.13 Å². The van der Waals surface area contributed by atoms with E-state index in [1.807, 2.05) is 12.1 Å². The van der Waals surface area contributed by atoms with Gasteiger partial charge in [0.1, 0.15) is 0 Å². The summed E-state index contributed by atoms with van der Waals surface area (Å²) in [5, 5.41) is 12.6. The molecule has 0 bridgehead atoms. The first-order valence-corrected chi connectivity index (χ1v) is 6.07. The zero-order chi connectivity index (χ0) is 11.7. The van der Waals surface area contributed by atoms with Crippen LogP contribution < -0.4 is 5.32 Å². The van der Waals surface area contributed by atoms with E-state index < -0.39 is 0 Å². The normalized spacial score (nSPS) is 10.9. The van der Waals surface area contributed by atoms with Crippen molar-refractivity contribution < 1.29 is 0 Å². The van der Waals surface area contributed by atoms with Gasteiger partial charge in [-0.1, -0.05) is 27.8 Å². The van der Waals surface area contributed by atoms with Crippen molar-refractivity contribution >= 4 is 27.6 Å². The van der Waals surface area contributed by atoms with Crippen LogP contribution in [0, 0.1) is 6.92 Å². The predicted octanol–water partition coefficient (Wildman–Crippen LogP) is 2.33. The molecule has 0 unspecified atom stereocenters. The summed E-state index contributed by atoms with van der Waals surface area (Å²) in [4.78, 5) is 3.37. The molecule has 0 aliphatic heterocycles. The Bertz CT molecular complexity index is 628. The molecule has 1 aromatic carbocycles. The molecule has 0 atom stereocenters. The largest absolute Gasteiger partial charge is 0.358 e. The molecular formula is C11H11N5S. The predicted molar refractivity (Wildman–Crippen MR) is 68.1 cm³/mol. The van der Waals surface area contributed by atoms with E-state index in [-0.39, 0.29) is 0 Å². The van der Waals surface area contributed by atoms with E-state index >= 15 is 0 Å². The number of para-hydroxylation sites is 1. The van der Waals surface area contributed by atoms with Gasteiger partial charge in [0.05, 0.1) is 0 Å². The number of fused-ring (bicyclic) bond motifs is 1. The molecule has 6 heteroatoms. The lowest BCUT2D eigenvalue weighted by Gasteiger charge is -2.01. The number of nitrogens with zero attached hydrogens (tertiary/aromatic N) is 3. The maximum absolute atomic E-state index is 3.86. The molecule has 0 radical (unpaired) electrons. The number of hydrogen-bond acceptors (Lipinski definition) is 5. The number of anilines is 1. The Hall–Kier alpha value is -1.95. The van der Waals surface area contributed by atoms with Gasteiger partial charge in [0.2, 0.25) is 5.13 Å². The van der Waals surface area contributed by atoms with Crippen molar-refractivity contribution in [3.05, 3.63) is 35.5 Å². The van der Waals surface area contributed by atoms with Crippen LogP contribution in [0.25, 0.3) is 10.9 Å². The van der Waals surface area contributed by atoms with Crippen molar-refractivity contribution in [1.82, 2.24) is 19.8 Å². The minimum atomic E-state index is 0.729. The van der Waals surface area contributed by atoms with Gasteiger partial charge >= 0.3 is 0 Å². The Morgan fingerprint density at radius 1 is 1.35 bits per heavy atom. The Balaban J connectivity index is 1.92. The Morgan fingerprint density at radius 3 is 3.06 bits per heavy atom. The lowest BCUT2D eigenvalue weighted by molar-refractivity contribution is 0.950. The lowest BCUT2D eigenvalue weighted by atomic mass is 10.1. The fourth-order valence-electron chi connectivity index (χ4n) is 1.93. The summed E-state index contributed by atoms with van der Waals surface area (Å²) < 4.78 is 3.72. The lowest BCUT2D eigenvalue weighted by Crippen LogP contribution is -1.99. The number of aromatic amines is 1. The fraction of sp³-hybridized carbons (Fsp3) is 0.182. The van der Waals surface area contributed by atoms with Gasteiger partial charge in [-0.2, -0.15) is 0 Å². The van der Waals surface area contributed by atoms with E-state index in [1.165, 1.54) is 28.2 Å². The topological polar surface area (TPSA) is 66.5 Å². The van der Waals surface area contributed by atoms with Crippen LogP contribution >= 0.6 is 11.5 Å². The number of hydrogen-bond donors (Lipinski definition) is 2. The first-order valence-electron chi connectivity index (χ1n) is 5.29. The molecule has 0 aliphatic carbocycles. The molecule has 2 N–H and O–H groups in total. The van der Waals surface area contributed by atoms with Crippen LogP contribution in [0.1, 0.15) is 11.3 Å². The maximum Gasteiger partial charge on any atom is 0.225 e. The van der Waals surface area contributed by atoms with Crippen LogP contribution in [-0.2, 0) is 6.54 Å². The highest BCUT2D eigenvalue weighted by Gasteiger charge is 2.08. The van der Waals surface area contributed by atoms with Gasteiger partial charge < -0.3 is 10.3 Å². The quantitative estimate of drug-likeness (QED) is 0.743. The van der Waals surface area contributed by atoms with E-state index in [0.29, 0.717) is 0 Å². The van der Waals surface area contributed by atoms with Crippen molar-refractivity contribution in [2.75, 3.05) is 5.32 Å². The van der Waals surface area contributed by atoms with E-state index in [2.05, 4.69) is 44.2 Å². The van der Waals surface area contributed by atoms with Crippen molar-refractivity contribution in [3.8, 4) is 0 Å². The monoisotopic (exact) mass is 245 g/mol. The summed E-state index contributed by atoms with van der Waals surface area (Å²) in [6, 6.07) is 8.28. The van der Waals surface area contributed by atoms with Gasteiger partial charge in [-0.05, 0) is 23.8 Å². The minimum Gasteiger partial charge on any atom is -0.358 e. The molecule has 2 heterocycles. The number of nitrogens with one attached hydrogen (secondary N) is 2. The first kappa shape index (κ1) is 10.2. The zero-order valence-corrected chi connectivity index (χ0v) is 10.1. The molecule has 17 heavy (non-hydrogen) atoms. The molecule has 3 aromatic rings. The number of aromatic nitrogens is 4. The second kappa shape index (κ2) is 4.14. The van der Waals surface area contributed by atoms with Crippen LogP contribution in [-0.4, -0.2) is 19.8 Å². The standard InChI is InChI=1S/C11H11N5S/c1-7-9(6-12-11-14-15-16-17-11)8-4-2-3-5-10(8)13-7/h2-5,13H,6H2,1H3,(H,12,14,16). The average molecular weight is 245 g/mol. The van der Waals surface area contributed by atoms with E-state index in [4.69, 9.17) is 0 Å². The summed E-state index contributed by atoms with van der Waals surface area (Å²) in [5.41, 5.74) is 3.60. The molecular weight excluding hydrogens is 234 g/mol. The average Bonchev–Trinajstić information content (AvgIpc) is 2.93. The highest BCUT2D eigenvalue weighted by Crippen LogP contribution is 2.22. The van der Waals surface area contributed by atoms with Crippen LogP contribution in [0.5, 0.6) is 0 Å². The molecule has 0 saturated carbocycles. The van der Waals surface area contributed by atoms with Gasteiger partial charge in [-0.25, -0.2) is 0 Å². The third kappa shape index (κ3) is 1.87. The summed E-state index contributed by atoms with van der Waals surface area (Å²) in [5.74, 6) is 0. The molecule has 86 valence electrons. The summed E-state index contributed by atoms with van der Waals surface area (Å²) in [6.07, 6.45) is 0. The van der Waals surface area contributed by atoms with Gasteiger partial charge in [-0.3, -0.25) is 0 Å². The summed E-state index contributed by atoms with van der Waals surface area (Å²) in [6.45, 7) is 2.81. The molecule has 0 aliphatic rings. The SMILES string of the molecule is Cc1[nH]c2ccccc2c1CNc1nnns1. The number of rotatable bonds is 3. The smallest absolute Gasteiger partial charge is 0.225 e.